The average molecular weight is 237 g/mol. The van der Waals surface area contributed by atoms with Crippen LogP contribution in [0.4, 0.5) is 0 Å². The predicted octanol–water partition coefficient (Wildman–Crippen LogP) is 3.15. The van der Waals surface area contributed by atoms with Crippen molar-refractivity contribution in [3.05, 3.63) is 70.8 Å². The quantitative estimate of drug-likeness (QED) is 0.785. The number of hydrogen-bond acceptors (Lipinski definition) is 1. The smallest absolute Gasteiger partial charge is 0.254 e. The molecule has 1 heterocycles. The fourth-order valence-corrected chi connectivity index (χ4v) is 2.41. The molecule has 0 spiro atoms. The standard InChI is InChI=1S/C16H15NO/c1-12-7-8-14-11-17(16(18)15(14)9-12)10-13-5-3-2-4-6-13/h2-9H,10-11H2,1H3. The summed E-state index contributed by atoms with van der Waals surface area (Å²) in [5.74, 6) is 0.151. The monoisotopic (exact) mass is 237 g/mol. The van der Waals surface area contributed by atoms with E-state index in [4.69, 9.17) is 0 Å². The fraction of sp³-hybridized carbons (Fsp3) is 0.188. The Morgan fingerprint density at radius 1 is 1.11 bits per heavy atom. The Balaban J connectivity index is 1.85. The number of aryl methyl sites for hydroxylation is 1. The van der Waals surface area contributed by atoms with Gasteiger partial charge >= 0.3 is 0 Å². The molecule has 0 saturated carbocycles. The van der Waals surface area contributed by atoms with Gasteiger partial charge in [-0.15, -0.1) is 0 Å². The van der Waals surface area contributed by atoms with Crippen LogP contribution >= 0.6 is 0 Å². The molecule has 2 aromatic rings. The van der Waals surface area contributed by atoms with Gasteiger partial charge in [-0.3, -0.25) is 4.79 Å². The van der Waals surface area contributed by atoms with Gasteiger partial charge in [0.15, 0.2) is 0 Å². The number of amides is 1. The molecule has 0 N–H and O–H groups in total. The summed E-state index contributed by atoms with van der Waals surface area (Å²) in [6.45, 7) is 3.43. The lowest BCUT2D eigenvalue weighted by Crippen LogP contribution is -2.23. The zero-order chi connectivity index (χ0) is 12.5. The van der Waals surface area contributed by atoms with E-state index in [1.807, 2.05) is 36.1 Å². The van der Waals surface area contributed by atoms with E-state index in [0.29, 0.717) is 6.54 Å². The molecule has 2 heteroatoms. The molecule has 90 valence electrons. The molecule has 0 aromatic heterocycles. The van der Waals surface area contributed by atoms with Crippen LogP contribution in [-0.4, -0.2) is 10.8 Å². The molecular formula is C16H15NO. The van der Waals surface area contributed by atoms with E-state index < -0.39 is 0 Å². The molecule has 1 amide bonds. The molecule has 0 unspecified atom stereocenters. The molecule has 1 aliphatic rings. The lowest BCUT2D eigenvalue weighted by molar-refractivity contribution is 0.0766. The van der Waals surface area contributed by atoms with Crippen molar-refractivity contribution in [1.29, 1.82) is 0 Å². The summed E-state index contributed by atoms with van der Waals surface area (Å²) in [5.41, 5.74) is 4.33. The van der Waals surface area contributed by atoms with Crippen LogP contribution in [0.5, 0.6) is 0 Å². The Hall–Kier alpha value is -2.09. The van der Waals surface area contributed by atoms with Gasteiger partial charge < -0.3 is 4.90 Å². The maximum absolute atomic E-state index is 12.3. The van der Waals surface area contributed by atoms with Gasteiger partial charge in [-0.05, 0) is 24.1 Å². The number of benzene rings is 2. The molecule has 0 aliphatic carbocycles. The minimum Gasteiger partial charge on any atom is -0.330 e. The molecule has 18 heavy (non-hydrogen) atoms. The van der Waals surface area contributed by atoms with E-state index in [0.717, 1.165) is 23.2 Å². The maximum Gasteiger partial charge on any atom is 0.254 e. The molecule has 0 bridgehead atoms. The van der Waals surface area contributed by atoms with E-state index in [2.05, 4.69) is 24.3 Å². The molecule has 0 radical (unpaired) electrons. The minimum atomic E-state index is 0.151. The van der Waals surface area contributed by atoms with Crippen molar-refractivity contribution in [3.63, 3.8) is 0 Å². The van der Waals surface area contributed by atoms with Gasteiger partial charge in [0.25, 0.3) is 5.91 Å². The van der Waals surface area contributed by atoms with Crippen LogP contribution in [0.25, 0.3) is 0 Å². The molecule has 0 saturated heterocycles. The van der Waals surface area contributed by atoms with E-state index in [9.17, 15) is 4.79 Å². The van der Waals surface area contributed by atoms with Gasteiger partial charge in [-0.25, -0.2) is 0 Å². The summed E-state index contributed by atoms with van der Waals surface area (Å²) in [4.78, 5) is 14.2. The van der Waals surface area contributed by atoms with Crippen LogP contribution in [0.15, 0.2) is 48.5 Å². The first-order valence-corrected chi connectivity index (χ1v) is 6.17. The van der Waals surface area contributed by atoms with Crippen molar-refractivity contribution in [2.24, 2.45) is 0 Å². The van der Waals surface area contributed by atoms with Gasteiger partial charge in [-0.1, -0.05) is 48.0 Å². The third-order valence-electron chi connectivity index (χ3n) is 3.36. The van der Waals surface area contributed by atoms with Crippen LogP contribution in [0, 0.1) is 6.92 Å². The lowest BCUT2D eigenvalue weighted by Gasteiger charge is -2.15. The molecule has 1 aliphatic heterocycles. The highest BCUT2D eigenvalue weighted by molar-refractivity contribution is 5.98. The Morgan fingerprint density at radius 3 is 2.67 bits per heavy atom. The topological polar surface area (TPSA) is 20.3 Å². The SMILES string of the molecule is Cc1ccc2c(c1)C(=O)N(Cc1ccccc1)C2. The summed E-state index contributed by atoms with van der Waals surface area (Å²) < 4.78 is 0. The molecular weight excluding hydrogens is 222 g/mol. The first-order valence-electron chi connectivity index (χ1n) is 6.17. The van der Waals surface area contributed by atoms with E-state index in [-0.39, 0.29) is 5.91 Å². The predicted molar refractivity (Wildman–Crippen MR) is 71.2 cm³/mol. The summed E-state index contributed by atoms with van der Waals surface area (Å²) in [6, 6.07) is 16.2. The van der Waals surface area contributed by atoms with Crippen molar-refractivity contribution in [3.8, 4) is 0 Å². The van der Waals surface area contributed by atoms with Gasteiger partial charge in [0, 0.05) is 18.7 Å². The maximum atomic E-state index is 12.3. The van der Waals surface area contributed by atoms with E-state index in [1.54, 1.807) is 0 Å². The number of carbonyl (C=O) groups is 1. The highest BCUT2D eigenvalue weighted by Gasteiger charge is 2.26. The van der Waals surface area contributed by atoms with Crippen LogP contribution < -0.4 is 0 Å². The van der Waals surface area contributed by atoms with E-state index >= 15 is 0 Å². The first-order chi connectivity index (χ1) is 8.74. The lowest BCUT2D eigenvalue weighted by atomic mass is 10.1. The van der Waals surface area contributed by atoms with Crippen LogP contribution in [0.1, 0.15) is 27.0 Å². The van der Waals surface area contributed by atoms with Crippen molar-refractivity contribution in [2.75, 3.05) is 0 Å². The summed E-state index contributed by atoms with van der Waals surface area (Å²) in [5, 5.41) is 0. The second-order valence-corrected chi connectivity index (χ2v) is 4.81. The highest BCUT2D eigenvalue weighted by atomic mass is 16.2. The van der Waals surface area contributed by atoms with Crippen molar-refractivity contribution in [2.45, 2.75) is 20.0 Å². The zero-order valence-corrected chi connectivity index (χ0v) is 10.4. The molecule has 0 atom stereocenters. The zero-order valence-electron chi connectivity index (χ0n) is 10.4. The normalized spacial score (nSPS) is 13.8. The number of rotatable bonds is 2. The number of carbonyl (C=O) groups excluding carboxylic acids is 1. The third-order valence-corrected chi connectivity index (χ3v) is 3.36. The minimum absolute atomic E-state index is 0.151. The fourth-order valence-electron chi connectivity index (χ4n) is 2.41. The van der Waals surface area contributed by atoms with Crippen LogP contribution in [0.2, 0.25) is 0 Å². The number of nitrogens with zero attached hydrogens (tertiary/aromatic N) is 1. The summed E-state index contributed by atoms with van der Waals surface area (Å²) in [6.07, 6.45) is 0. The summed E-state index contributed by atoms with van der Waals surface area (Å²) in [7, 11) is 0. The van der Waals surface area contributed by atoms with E-state index in [1.165, 1.54) is 5.56 Å². The highest BCUT2D eigenvalue weighted by Crippen LogP contribution is 2.25. The molecule has 3 rings (SSSR count). The Morgan fingerprint density at radius 2 is 1.89 bits per heavy atom. The van der Waals surface area contributed by atoms with Gasteiger partial charge in [0.05, 0.1) is 0 Å². The Bertz CT molecular complexity index is 589. The Labute approximate surface area is 107 Å². The second kappa shape index (κ2) is 4.30. The van der Waals surface area contributed by atoms with Gasteiger partial charge in [0.2, 0.25) is 0 Å². The Kier molecular flexibility index (Phi) is 2.63. The number of fused-ring (bicyclic) bond motifs is 1. The van der Waals surface area contributed by atoms with Crippen molar-refractivity contribution in [1.82, 2.24) is 4.90 Å². The van der Waals surface area contributed by atoms with Crippen LogP contribution in [-0.2, 0) is 13.1 Å². The molecule has 2 nitrogen and oxygen atoms in total. The summed E-state index contributed by atoms with van der Waals surface area (Å²) >= 11 is 0. The largest absolute Gasteiger partial charge is 0.330 e. The van der Waals surface area contributed by atoms with Gasteiger partial charge in [0.1, 0.15) is 0 Å². The van der Waals surface area contributed by atoms with Gasteiger partial charge in [-0.2, -0.15) is 0 Å². The molecule has 0 fully saturated rings. The van der Waals surface area contributed by atoms with Crippen molar-refractivity contribution < 1.29 is 4.79 Å². The third kappa shape index (κ3) is 1.90. The molecule has 2 aromatic carbocycles. The average Bonchev–Trinajstić information content (AvgIpc) is 2.68. The first kappa shape index (κ1) is 11.0. The van der Waals surface area contributed by atoms with Crippen molar-refractivity contribution >= 4 is 5.91 Å². The number of hydrogen-bond donors (Lipinski definition) is 0. The van der Waals surface area contributed by atoms with Crippen LogP contribution in [0.3, 0.4) is 0 Å². The second-order valence-electron chi connectivity index (χ2n) is 4.81.